The molecule has 2 heterocycles. The quantitative estimate of drug-likeness (QED) is 0.563. The van der Waals surface area contributed by atoms with Crippen LogP contribution in [0.2, 0.25) is 0 Å². The van der Waals surface area contributed by atoms with E-state index in [4.69, 9.17) is 0 Å². The average Bonchev–Trinajstić information content (AvgIpc) is 3.29. The number of amides is 1. The third-order valence-corrected chi connectivity index (χ3v) is 4.37. The van der Waals surface area contributed by atoms with Gasteiger partial charge in [0.2, 0.25) is 5.91 Å². The van der Waals surface area contributed by atoms with Gasteiger partial charge >= 0.3 is 0 Å². The number of hydrogen-bond acceptors (Lipinski definition) is 5. The first-order chi connectivity index (χ1) is 13.8. The van der Waals surface area contributed by atoms with Gasteiger partial charge in [-0.3, -0.25) is 4.79 Å². The molecule has 4 rings (SSSR count). The molecular formula is C21H18N6O. The average molecular weight is 370 g/mol. The second-order valence-electron chi connectivity index (χ2n) is 6.23. The summed E-state index contributed by atoms with van der Waals surface area (Å²) >= 11 is 0. The molecule has 0 atom stereocenters. The lowest BCUT2D eigenvalue weighted by atomic mass is 9.88. The topological polar surface area (TPSA) is 85.6 Å². The van der Waals surface area contributed by atoms with Crippen molar-refractivity contribution < 1.29 is 4.79 Å². The van der Waals surface area contributed by atoms with E-state index in [1.54, 1.807) is 6.07 Å². The summed E-state index contributed by atoms with van der Waals surface area (Å²) in [6.07, 6.45) is 4.65. The molecule has 0 saturated carbocycles. The van der Waals surface area contributed by atoms with Gasteiger partial charge in [0.1, 0.15) is 24.8 Å². The van der Waals surface area contributed by atoms with Crippen molar-refractivity contribution in [2.75, 3.05) is 5.32 Å². The van der Waals surface area contributed by atoms with E-state index in [1.165, 1.54) is 23.7 Å². The molecule has 0 bridgehead atoms. The molecule has 0 radical (unpaired) electrons. The van der Waals surface area contributed by atoms with Crippen LogP contribution in [0.3, 0.4) is 0 Å². The van der Waals surface area contributed by atoms with Crippen molar-refractivity contribution in [1.82, 2.24) is 24.7 Å². The first kappa shape index (κ1) is 17.5. The maximum atomic E-state index is 12.8. The van der Waals surface area contributed by atoms with Crippen LogP contribution in [0.25, 0.3) is 5.82 Å². The van der Waals surface area contributed by atoms with E-state index in [2.05, 4.69) is 25.4 Å². The van der Waals surface area contributed by atoms with Gasteiger partial charge in [0.05, 0.1) is 0 Å². The van der Waals surface area contributed by atoms with Crippen LogP contribution in [-0.2, 0) is 4.79 Å². The summed E-state index contributed by atoms with van der Waals surface area (Å²) in [5.41, 5.74) is 2.18. The van der Waals surface area contributed by atoms with E-state index < -0.39 is 0 Å². The number of anilines is 1. The summed E-state index contributed by atoms with van der Waals surface area (Å²) in [6, 6.07) is 21.7. The van der Waals surface area contributed by atoms with Crippen LogP contribution in [0.5, 0.6) is 0 Å². The Labute approximate surface area is 162 Å². The Kier molecular flexibility index (Phi) is 5.15. The molecule has 1 N–H and O–H groups in total. The zero-order chi connectivity index (χ0) is 19.2. The number of aromatic nitrogens is 5. The van der Waals surface area contributed by atoms with E-state index >= 15 is 0 Å². The largest absolute Gasteiger partial charge is 0.311 e. The Morgan fingerprint density at radius 2 is 1.61 bits per heavy atom. The fourth-order valence-electron chi connectivity index (χ4n) is 3.05. The first-order valence-corrected chi connectivity index (χ1v) is 8.86. The van der Waals surface area contributed by atoms with E-state index in [-0.39, 0.29) is 11.8 Å². The molecule has 0 aliphatic rings. The summed E-state index contributed by atoms with van der Waals surface area (Å²) in [5, 5.41) is 6.90. The van der Waals surface area contributed by atoms with E-state index in [1.807, 2.05) is 60.7 Å². The monoisotopic (exact) mass is 370 g/mol. The van der Waals surface area contributed by atoms with Gasteiger partial charge in [0.15, 0.2) is 5.82 Å². The van der Waals surface area contributed by atoms with Gasteiger partial charge in [-0.25, -0.2) is 19.6 Å². The molecule has 7 nitrogen and oxygen atoms in total. The van der Waals surface area contributed by atoms with E-state index in [0.717, 1.165) is 11.1 Å². The molecule has 4 aromatic rings. The normalized spacial score (nSPS) is 10.8. The molecule has 138 valence electrons. The molecule has 0 saturated heterocycles. The van der Waals surface area contributed by atoms with Crippen molar-refractivity contribution >= 4 is 11.7 Å². The second kappa shape index (κ2) is 8.22. The zero-order valence-electron chi connectivity index (χ0n) is 15.0. The fraction of sp³-hybridized carbons (Fsp3) is 0.0952. The molecule has 1 amide bonds. The van der Waals surface area contributed by atoms with Gasteiger partial charge in [-0.1, -0.05) is 60.7 Å². The fourth-order valence-corrected chi connectivity index (χ4v) is 3.05. The van der Waals surface area contributed by atoms with Gasteiger partial charge in [0, 0.05) is 18.4 Å². The molecule has 2 aromatic carbocycles. The summed E-state index contributed by atoms with van der Waals surface area (Å²) in [4.78, 5) is 24.9. The minimum atomic E-state index is -0.124. The predicted octanol–water partition coefficient (Wildman–Crippen LogP) is 3.22. The maximum Gasteiger partial charge on any atom is 0.226 e. The highest BCUT2D eigenvalue weighted by Gasteiger charge is 2.18. The molecular weight excluding hydrogens is 352 g/mol. The van der Waals surface area contributed by atoms with Crippen molar-refractivity contribution in [3.8, 4) is 5.82 Å². The van der Waals surface area contributed by atoms with Gasteiger partial charge in [-0.05, 0) is 11.1 Å². The van der Waals surface area contributed by atoms with E-state index in [9.17, 15) is 4.79 Å². The minimum absolute atomic E-state index is 0.0426. The molecule has 0 aliphatic heterocycles. The minimum Gasteiger partial charge on any atom is -0.311 e. The van der Waals surface area contributed by atoms with Crippen LogP contribution in [0.1, 0.15) is 23.5 Å². The summed E-state index contributed by atoms with van der Waals surface area (Å²) in [5.74, 6) is 0.788. The Morgan fingerprint density at radius 3 is 2.21 bits per heavy atom. The predicted molar refractivity (Wildman–Crippen MR) is 105 cm³/mol. The second-order valence-corrected chi connectivity index (χ2v) is 6.23. The number of benzene rings is 2. The molecule has 0 fully saturated rings. The van der Waals surface area contributed by atoms with Crippen LogP contribution < -0.4 is 5.32 Å². The van der Waals surface area contributed by atoms with Crippen LogP contribution in [-0.4, -0.2) is 30.6 Å². The van der Waals surface area contributed by atoms with Crippen LogP contribution >= 0.6 is 0 Å². The number of hydrogen-bond donors (Lipinski definition) is 1. The standard InChI is InChI=1S/C21H18N6O/c28-21(26-19-12-20(24-14-23-19)27-15-22-13-25-27)11-18(16-7-3-1-4-8-16)17-9-5-2-6-10-17/h1-10,12-15,18H,11H2,(H,23,24,26,28). The van der Waals surface area contributed by atoms with E-state index in [0.29, 0.717) is 18.1 Å². The van der Waals surface area contributed by atoms with Crippen molar-refractivity contribution in [3.05, 3.63) is 96.8 Å². The number of carbonyl (C=O) groups is 1. The van der Waals surface area contributed by atoms with Gasteiger partial charge in [-0.15, -0.1) is 0 Å². The number of rotatable bonds is 6. The summed E-state index contributed by atoms with van der Waals surface area (Å²) in [6.45, 7) is 0. The highest BCUT2D eigenvalue weighted by atomic mass is 16.1. The van der Waals surface area contributed by atoms with Gasteiger partial charge in [-0.2, -0.15) is 5.10 Å². The Bertz CT molecular complexity index is 995. The Balaban J connectivity index is 1.53. The van der Waals surface area contributed by atoms with Crippen LogP contribution in [0, 0.1) is 0 Å². The van der Waals surface area contributed by atoms with Crippen molar-refractivity contribution in [2.45, 2.75) is 12.3 Å². The first-order valence-electron chi connectivity index (χ1n) is 8.86. The molecule has 7 heteroatoms. The van der Waals surface area contributed by atoms with Crippen molar-refractivity contribution in [2.24, 2.45) is 0 Å². The summed E-state index contributed by atoms with van der Waals surface area (Å²) < 4.78 is 1.51. The maximum absolute atomic E-state index is 12.8. The summed E-state index contributed by atoms with van der Waals surface area (Å²) in [7, 11) is 0. The molecule has 0 unspecified atom stereocenters. The lowest BCUT2D eigenvalue weighted by Crippen LogP contribution is -2.17. The molecule has 28 heavy (non-hydrogen) atoms. The van der Waals surface area contributed by atoms with Crippen LogP contribution in [0.4, 0.5) is 5.82 Å². The molecule has 2 aromatic heterocycles. The van der Waals surface area contributed by atoms with Crippen LogP contribution in [0.15, 0.2) is 85.7 Å². The van der Waals surface area contributed by atoms with Crippen molar-refractivity contribution in [3.63, 3.8) is 0 Å². The third-order valence-electron chi connectivity index (χ3n) is 4.37. The lowest BCUT2D eigenvalue weighted by Gasteiger charge is -2.17. The number of nitrogens with zero attached hydrogens (tertiary/aromatic N) is 5. The SMILES string of the molecule is O=C(CC(c1ccccc1)c1ccccc1)Nc1cc(-n2cncn2)ncn1. The Morgan fingerprint density at radius 1 is 0.929 bits per heavy atom. The van der Waals surface area contributed by atoms with Crippen molar-refractivity contribution in [1.29, 1.82) is 0 Å². The number of nitrogens with one attached hydrogen (secondary N) is 1. The number of carbonyl (C=O) groups excluding carboxylic acids is 1. The van der Waals surface area contributed by atoms with Gasteiger partial charge < -0.3 is 5.32 Å². The molecule has 0 spiro atoms. The highest BCUT2D eigenvalue weighted by molar-refractivity contribution is 5.90. The third kappa shape index (κ3) is 4.09. The lowest BCUT2D eigenvalue weighted by molar-refractivity contribution is -0.116. The zero-order valence-corrected chi connectivity index (χ0v) is 15.0. The smallest absolute Gasteiger partial charge is 0.226 e. The van der Waals surface area contributed by atoms with Gasteiger partial charge in [0.25, 0.3) is 0 Å². The molecule has 0 aliphatic carbocycles. The highest BCUT2D eigenvalue weighted by Crippen LogP contribution is 2.28. The Hall–Kier alpha value is -3.87.